The van der Waals surface area contributed by atoms with Crippen LogP contribution in [-0.2, 0) is 11.2 Å². The third-order valence-corrected chi connectivity index (χ3v) is 5.35. The monoisotopic (exact) mass is 548 g/mol. The van der Waals surface area contributed by atoms with Crippen LogP contribution >= 0.6 is 24.0 Å². The lowest BCUT2D eigenvalue weighted by molar-refractivity contribution is 0.142. The van der Waals surface area contributed by atoms with Crippen LogP contribution in [0.25, 0.3) is 0 Å². The first-order valence-electron chi connectivity index (χ1n) is 11.3. The highest BCUT2D eigenvalue weighted by atomic mass is 127. The largest absolute Gasteiger partial charge is 0.493 e. The summed E-state index contributed by atoms with van der Waals surface area (Å²) >= 11 is 0. The van der Waals surface area contributed by atoms with Gasteiger partial charge in [0.05, 0.1) is 26.9 Å². The van der Waals surface area contributed by atoms with E-state index in [1.807, 2.05) is 13.0 Å². The third-order valence-electron chi connectivity index (χ3n) is 5.35. The van der Waals surface area contributed by atoms with Crippen molar-refractivity contribution in [1.82, 2.24) is 15.5 Å². The molecule has 31 heavy (non-hydrogen) atoms. The van der Waals surface area contributed by atoms with E-state index < -0.39 is 0 Å². The zero-order valence-corrected chi connectivity index (χ0v) is 21.9. The molecule has 1 atom stereocenters. The summed E-state index contributed by atoms with van der Waals surface area (Å²) in [6.45, 7) is 10.2. The molecule has 1 fully saturated rings. The summed E-state index contributed by atoms with van der Waals surface area (Å²) in [6.07, 6.45) is 4.46. The van der Waals surface area contributed by atoms with Crippen molar-refractivity contribution in [3.8, 4) is 11.5 Å². The zero-order chi connectivity index (χ0) is 21.6. The Hall–Kier alpha value is -1.26. The summed E-state index contributed by atoms with van der Waals surface area (Å²) in [7, 11) is 3.44. The average molecular weight is 549 g/mol. The number of guanidine groups is 1. The van der Waals surface area contributed by atoms with Gasteiger partial charge in [0.15, 0.2) is 17.5 Å². The lowest BCUT2D eigenvalue weighted by Gasteiger charge is -2.23. The Bertz CT molecular complexity index is 645. The Balaban J connectivity index is 0.00000480. The average Bonchev–Trinajstić information content (AvgIpc) is 3.21. The molecule has 8 heteroatoms. The van der Waals surface area contributed by atoms with E-state index in [0.29, 0.717) is 12.6 Å². The van der Waals surface area contributed by atoms with Crippen molar-refractivity contribution in [2.24, 2.45) is 4.99 Å². The van der Waals surface area contributed by atoms with Gasteiger partial charge in [0.25, 0.3) is 0 Å². The highest BCUT2D eigenvalue weighted by molar-refractivity contribution is 14.0. The molecule has 0 amide bonds. The molecule has 1 aliphatic rings. The van der Waals surface area contributed by atoms with Crippen molar-refractivity contribution in [2.75, 3.05) is 60.2 Å². The summed E-state index contributed by atoms with van der Waals surface area (Å²) in [5, 5.41) is 6.84. The van der Waals surface area contributed by atoms with Crippen molar-refractivity contribution >= 4 is 29.9 Å². The third kappa shape index (κ3) is 9.82. The van der Waals surface area contributed by atoms with Gasteiger partial charge in [-0.15, -0.1) is 24.0 Å². The number of aryl methyl sites for hydroxylation is 1. The molecule has 1 aromatic rings. The molecular weight excluding hydrogens is 507 g/mol. The maximum absolute atomic E-state index is 5.68. The first-order chi connectivity index (χ1) is 14.7. The summed E-state index contributed by atoms with van der Waals surface area (Å²) in [5.41, 5.74) is 1.25. The molecule has 178 valence electrons. The van der Waals surface area contributed by atoms with E-state index in [0.717, 1.165) is 69.6 Å². The lowest BCUT2D eigenvalue weighted by atomic mass is 10.1. The van der Waals surface area contributed by atoms with Gasteiger partial charge in [-0.3, -0.25) is 9.89 Å². The normalized spacial score (nSPS) is 16.6. The van der Waals surface area contributed by atoms with Crippen LogP contribution in [0.4, 0.5) is 0 Å². The zero-order valence-electron chi connectivity index (χ0n) is 19.6. The predicted octanol–water partition coefficient (Wildman–Crippen LogP) is 3.31. The fourth-order valence-corrected chi connectivity index (χ4v) is 3.79. The van der Waals surface area contributed by atoms with Crippen LogP contribution in [-0.4, -0.2) is 77.1 Å². The minimum atomic E-state index is 0. The van der Waals surface area contributed by atoms with E-state index in [9.17, 15) is 0 Å². The van der Waals surface area contributed by atoms with E-state index in [1.165, 1.54) is 18.4 Å². The molecule has 1 saturated heterocycles. The molecule has 0 aliphatic carbocycles. The maximum atomic E-state index is 5.68. The van der Waals surface area contributed by atoms with E-state index in [2.05, 4.69) is 34.6 Å². The van der Waals surface area contributed by atoms with Gasteiger partial charge in [-0.2, -0.15) is 0 Å². The van der Waals surface area contributed by atoms with Gasteiger partial charge in [-0.1, -0.05) is 6.07 Å². The minimum Gasteiger partial charge on any atom is -0.493 e. The van der Waals surface area contributed by atoms with Crippen LogP contribution in [0, 0.1) is 0 Å². The molecule has 2 rings (SSSR count). The summed E-state index contributed by atoms with van der Waals surface area (Å²) in [4.78, 5) is 7.33. The van der Waals surface area contributed by atoms with Crippen molar-refractivity contribution in [3.05, 3.63) is 23.8 Å². The molecule has 0 aromatic heterocycles. The number of nitrogens with zero attached hydrogens (tertiary/aromatic N) is 2. The Labute approximate surface area is 205 Å². The Kier molecular flexibility index (Phi) is 14.7. The van der Waals surface area contributed by atoms with Crippen molar-refractivity contribution in [2.45, 2.75) is 45.6 Å². The summed E-state index contributed by atoms with van der Waals surface area (Å²) in [6, 6.07) is 6.69. The molecule has 2 N–H and O–H groups in total. The molecule has 7 nitrogen and oxygen atoms in total. The number of halogens is 1. The molecule has 1 aromatic carbocycles. The second kappa shape index (κ2) is 16.4. The smallest absolute Gasteiger partial charge is 0.191 e. The number of nitrogens with one attached hydrogen (secondary N) is 2. The fraction of sp³-hybridized carbons (Fsp3) is 0.696. The number of rotatable bonds is 13. The van der Waals surface area contributed by atoms with Crippen LogP contribution in [0.5, 0.6) is 11.5 Å². The van der Waals surface area contributed by atoms with Gasteiger partial charge < -0.3 is 24.8 Å². The van der Waals surface area contributed by atoms with E-state index in [4.69, 9.17) is 19.2 Å². The van der Waals surface area contributed by atoms with Crippen LogP contribution in [0.3, 0.4) is 0 Å². The molecule has 0 spiro atoms. The molecule has 0 bridgehead atoms. The van der Waals surface area contributed by atoms with Crippen LogP contribution in [0.15, 0.2) is 23.2 Å². The quantitative estimate of drug-likeness (QED) is 0.171. The molecule has 1 aliphatic heterocycles. The van der Waals surface area contributed by atoms with Crippen molar-refractivity contribution in [3.63, 3.8) is 0 Å². The number of hydrogen-bond acceptors (Lipinski definition) is 5. The van der Waals surface area contributed by atoms with Crippen LogP contribution < -0.4 is 20.1 Å². The van der Waals surface area contributed by atoms with Gasteiger partial charge in [0.2, 0.25) is 0 Å². The predicted molar refractivity (Wildman–Crippen MR) is 138 cm³/mol. The molecular formula is C23H41IN4O3. The maximum Gasteiger partial charge on any atom is 0.191 e. The number of methoxy groups -OCH3 is 2. The Morgan fingerprint density at radius 1 is 1.19 bits per heavy atom. The van der Waals surface area contributed by atoms with E-state index >= 15 is 0 Å². The Morgan fingerprint density at radius 3 is 2.74 bits per heavy atom. The SMILES string of the molecule is CCNC(=NCC1CCCN1CCOC)NCCCc1ccc(OC)c(OCC)c1.I. The molecule has 0 radical (unpaired) electrons. The fourth-order valence-electron chi connectivity index (χ4n) is 3.79. The first kappa shape index (κ1) is 27.8. The van der Waals surface area contributed by atoms with Gasteiger partial charge in [-0.25, -0.2) is 0 Å². The standard InChI is InChI=1S/C23H40N4O3.HI/c1-5-24-23(26-18-20-10-8-14-27(20)15-16-28-3)25-13-7-9-19-11-12-21(29-4)22(17-19)30-6-2;/h11-12,17,20H,5-10,13-16,18H2,1-4H3,(H2,24,25,26);1H. The van der Waals surface area contributed by atoms with Gasteiger partial charge >= 0.3 is 0 Å². The number of likely N-dealkylation sites (tertiary alicyclic amines) is 1. The summed E-state index contributed by atoms with van der Waals surface area (Å²) < 4.78 is 16.3. The number of aliphatic imine (C=N–C) groups is 1. The topological polar surface area (TPSA) is 67.4 Å². The van der Waals surface area contributed by atoms with Gasteiger partial charge in [0, 0.05) is 32.8 Å². The second-order valence-corrected chi connectivity index (χ2v) is 7.49. The first-order valence-corrected chi connectivity index (χ1v) is 11.3. The Morgan fingerprint density at radius 2 is 2.03 bits per heavy atom. The molecule has 0 saturated carbocycles. The highest BCUT2D eigenvalue weighted by Gasteiger charge is 2.23. The van der Waals surface area contributed by atoms with Gasteiger partial charge in [0.1, 0.15) is 0 Å². The summed E-state index contributed by atoms with van der Waals surface area (Å²) in [5.74, 6) is 2.50. The molecule has 1 heterocycles. The van der Waals surface area contributed by atoms with Crippen LogP contribution in [0.2, 0.25) is 0 Å². The van der Waals surface area contributed by atoms with Crippen molar-refractivity contribution < 1.29 is 14.2 Å². The number of benzene rings is 1. The second-order valence-electron chi connectivity index (χ2n) is 7.49. The number of ether oxygens (including phenoxy) is 3. The highest BCUT2D eigenvalue weighted by Crippen LogP contribution is 2.28. The molecule has 1 unspecified atom stereocenters. The van der Waals surface area contributed by atoms with Crippen LogP contribution in [0.1, 0.15) is 38.7 Å². The van der Waals surface area contributed by atoms with E-state index in [-0.39, 0.29) is 24.0 Å². The van der Waals surface area contributed by atoms with Gasteiger partial charge in [-0.05, 0) is 63.8 Å². The van der Waals surface area contributed by atoms with Crippen molar-refractivity contribution in [1.29, 1.82) is 0 Å². The van der Waals surface area contributed by atoms with E-state index in [1.54, 1.807) is 14.2 Å². The lowest BCUT2D eigenvalue weighted by Crippen LogP contribution is -2.40. The number of hydrogen-bond donors (Lipinski definition) is 2. The minimum absolute atomic E-state index is 0.